The molecule has 0 aliphatic heterocycles. The molecule has 0 atom stereocenters. The molecule has 1 aromatic rings. The van der Waals surface area contributed by atoms with Gasteiger partial charge in [0.15, 0.2) is 11.6 Å². The third-order valence-corrected chi connectivity index (χ3v) is 3.74. The molecule has 0 bridgehead atoms. The lowest BCUT2D eigenvalue weighted by Gasteiger charge is -2.10. The van der Waals surface area contributed by atoms with Crippen LogP contribution < -0.4 is 5.14 Å². The van der Waals surface area contributed by atoms with Crippen LogP contribution in [-0.2, 0) is 19.5 Å². The summed E-state index contributed by atoms with van der Waals surface area (Å²) in [6, 6.07) is 0.440. The molecule has 21 heavy (non-hydrogen) atoms. The van der Waals surface area contributed by atoms with E-state index >= 15 is 0 Å². The second-order valence-corrected chi connectivity index (χ2v) is 5.62. The van der Waals surface area contributed by atoms with Gasteiger partial charge < -0.3 is 9.47 Å². The highest BCUT2D eigenvalue weighted by Crippen LogP contribution is 2.29. The summed E-state index contributed by atoms with van der Waals surface area (Å²) < 4.78 is 58.9. The van der Waals surface area contributed by atoms with E-state index in [2.05, 4.69) is 0 Å². The molecule has 1 aromatic carbocycles. The number of hydrogen-bond donors (Lipinski definition) is 1. The Morgan fingerprint density at radius 3 is 2.52 bits per heavy atom. The molecule has 0 heterocycles. The van der Waals surface area contributed by atoms with E-state index in [1.807, 2.05) is 0 Å². The molecular formula is C11H12ClF2NO5S. The number of ether oxygens (including phenoxy) is 2. The lowest BCUT2D eigenvalue weighted by molar-refractivity contribution is 0.0334. The van der Waals surface area contributed by atoms with Crippen molar-refractivity contribution >= 4 is 27.6 Å². The van der Waals surface area contributed by atoms with Crippen molar-refractivity contribution in [3.8, 4) is 0 Å². The number of benzene rings is 1. The Kier molecular flexibility index (Phi) is 6.02. The van der Waals surface area contributed by atoms with Gasteiger partial charge in [-0.2, -0.15) is 0 Å². The molecular weight excluding hydrogens is 332 g/mol. The predicted octanol–water partition coefficient (Wildman–Crippen LogP) is 1.46. The Morgan fingerprint density at radius 2 is 2.00 bits per heavy atom. The number of nitrogens with two attached hydrogens (primary N) is 1. The van der Waals surface area contributed by atoms with Gasteiger partial charge in [-0.1, -0.05) is 11.6 Å². The Morgan fingerprint density at radius 1 is 1.38 bits per heavy atom. The number of rotatable bonds is 6. The maximum absolute atomic E-state index is 13.5. The summed E-state index contributed by atoms with van der Waals surface area (Å²) in [6.07, 6.45) is 0. The molecule has 0 unspecified atom stereocenters. The molecule has 0 aromatic heterocycles. The van der Waals surface area contributed by atoms with E-state index in [4.69, 9.17) is 26.2 Å². The van der Waals surface area contributed by atoms with Gasteiger partial charge in [-0.25, -0.2) is 27.1 Å². The zero-order valence-electron chi connectivity index (χ0n) is 10.9. The molecule has 1 rings (SSSR count). The molecule has 0 saturated carbocycles. The van der Waals surface area contributed by atoms with Crippen LogP contribution in [0.25, 0.3) is 0 Å². The van der Waals surface area contributed by atoms with E-state index < -0.39 is 43.1 Å². The second-order valence-electron chi connectivity index (χ2n) is 3.74. The van der Waals surface area contributed by atoms with Crippen molar-refractivity contribution in [2.75, 3.05) is 19.8 Å². The maximum Gasteiger partial charge on any atom is 0.339 e. The summed E-state index contributed by atoms with van der Waals surface area (Å²) in [5.41, 5.74) is -0.643. The van der Waals surface area contributed by atoms with Crippen LogP contribution in [0.15, 0.2) is 11.0 Å². The van der Waals surface area contributed by atoms with Crippen molar-refractivity contribution in [1.82, 2.24) is 0 Å². The molecule has 0 fully saturated rings. The average molecular weight is 344 g/mol. The molecule has 10 heteroatoms. The number of hydrogen-bond acceptors (Lipinski definition) is 5. The third kappa shape index (κ3) is 4.34. The Hall–Kier alpha value is -1.29. The summed E-state index contributed by atoms with van der Waals surface area (Å²) in [5, 5.41) is 3.91. The fourth-order valence-electron chi connectivity index (χ4n) is 1.39. The van der Waals surface area contributed by atoms with Crippen molar-refractivity contribution in [2.45, 2.75) is 11.8 Å². The number of carbonyl (C=O) groups excluding carboxylic acids is 1. The standard InChI is InChI=1S/C11H12ClF2NO5S/c1-2-19-3-4-20-11(16)6-5-7(13)9(14)10(8(6)12)21(15,17)18/h5H,2-4H2,1H3,(H2,15,17,18). The Balaban J connectivity index is 3.15. The number of primary sulfonamides is 1. The lowest BCUT2D eigenvalue weighted by Crippen LogP contribution is -2.19. The first-order valence-electron chi connectivity index (χ1n) is 5.65. The van der Waals surface area contributed by atoms with Gasteiger partial charge in [0.25, 0.3) is 0 Å². The maximum atomic E-state index is 13.5. The summed E-state index contributed by atoms with van der Waals surface area (Å²) >= 11 is 5.61. The topological polar surface area (TPSA) is 95.7 Å². The minimum atomic E-state index is -4.65. The predicted molar refractivity (Wildman–Crippen MR) is 69.5 cm³/mol. The first-order valence-corrected chi connectivity index (χ1v) is 7.57. The van der Waals surface area contributed by atoms with Crippen molar-refractivity contribution in [3.63, 3.8) is 0 Å². The highest BCUT2D eigenvalue weighted by molar-refractivity contribution is 7.89. The van der Waals surface area contributed by atoms with E-state index in [1.165, 1.54) is 0 Å². The number of halogens is 3. The van der Waals surface area contributed by atoms with Gasteiger partial charge in [0.05, 0.1) is 17.2 Å². The fourth-order valence-corrected chi connectivity index (χ4v) is 2.64. The van der Waals surface area contributed by atoms with Crippen LogP contribution in [-0.4, -0.2) is 34.2 Å². The van der Waals surface area contributed by atoms with E-state index in [-0.39, 0.29) is 13.2 Å². The number of esters is 1. The average Bonchev–Trinajstić information content (AvgIpc) is 2.37. The van der Waals surface area contributed by atoms with Gasteiger partial charge in [-0.05, 0) is 13.0 Å². The van der Waals surface area contributed by atoms with Gasteiger partial charge in [-0.3, -0.25) is 0 Å². The molecule has 6 nitrogen and oxygen atoms in total. The first kappa shape index (κ1) is 17.8. The number of sulfonamides is 1. The molecule has 118 valence electrons. The fraction of sp³-hybridized carbons (Fsp3) is 0.364. The Labute approximate surface area is 124 Å². The van der Waals surface area contributed by atoms with Crippen LogP contribution in [0.1, 0.15) is 17.3 Å². The van der Waals surface area contributed by atoms with Crippen LogP contribution in [0, 0.1) is 11.6 Å². The largest absolute Gasteiger partial charge is 0.460 e. The molecule has 0 spiro atoms. The molecule has 0 radical (unpaired) electrons. The summed E-state index contributed by atoms with van der Waals surface area (Å²) in [4.78, 5) is 10.4. The monoisotopic (exact) mass is 343 g/mol. The van der Waals surface area contributed by atoms with Gasteiger partial charge in [0.2, 0.25) is 10.0 Å². The number of carbonyl (C=O) groups is 1. The van der Waals surface area contributed by atoms with Crippen molar-refractivity contribution in [2.24, 2.45) is 5.14 Å². The van der Waals surface area contributed by atoms with Gasteiger partial charge in [0, 0.05) is 6.61 Å². The minimum Gasteiger partial charge on any atom is -0.460 e. The SMILES string of the molecule is CCOCCOC(=O)c1cc(F)c(F)c(S(N)(=O)=O)c1Cl. The van der Waals surface area contributed by atoms with Gasteiger partial charge in [0.1, 0.15) is 11.5 Å². The van der Waals surface area contributed by atoms with Crippen LogP contribution in [0.4, 0.5) is 8.78 Å². The molecule has 0 amide bonds. The lowest BCUT2D eigenvalue weighted by atomic mass is 10.2. The second kappa shape index (κ2) is 7.12. The van der Waals surface area contributed by atoms with Crippen LogP contribution in [0.3, 0.4) is 0 Å². The highest BCUT2D eigenvalue weighted by Gasteiger charge is 2.28. The van der Waals surface area contributed by atoms with E-state index in [1.54, 1.807) is 6.92 Å². The van der Waals surface area contributed by atoms with Gasteiger partial charge >= 0.3 is 5.97 Å². The van der Waals surface area contributed by atoms with E-state index in [0.29, 0.717) is 12.7 Å². The van der Waals surface area contributed by atoms with E-state index in [9.17, 15) is 22.0 Å². The minimum absolute atomic E-state index is 0.0889. The normalized spacial score (nSPS) is 11.5. The van der Waals surface area contributed by atoms with Crippen LogP contribution in [0.2, 0.25) is 5.02 Å². The zero-order valence-corrected chi connectivity index (χ0v) is 12.4. The van der Waals surface area contributed by atoms with Crippen molar-refractivity contribution < 1.29 is 31.5 Å². The molecule has 0 aliphatic rings. The molecule has 0 aliphatic carbocycles. The highest BCUT2D eigenvalue weighted by atomic mass is 35.5. The molecule has 0 saturated heterocycles. The Bertz CT molecular complexity index is 651. The third-order valence-electron chi connectivity index (χ3n) is 2.29. The summed E-state index contributed by atoms with van der Waals surface area (Å²) in [6.45, 7) is 2.06. The van der Waals surface area contributed by atoms with Gasteiger partial charge in [-0.15, -0.1) is 0 Å². The molecule has 2 N–H and O–H groups in total. The van der Waals surface area contributed by atoms with Crippen LogP contribution >= 0.6 is 11.6 Å². The van der Waals surface area contributed by atoms with E-state index in [0.717, 1.165) is 0 Å². The zero-order chi connectivity index (χ0) is 16.2. The smallest absolute Gasteiger partial charge is 0.339 e. The van der Waals surface area contributed by atoms with Crippen molar-refractivity contribution in [1.29, 1.82) is 0 Å². The summed E-state index contributed by atoms with van der Waals surface area (Å²) in [5.74, 6) is -4.46. The van der Waals surface area contributed by atoms with Crippen LogP contribution in [0.5, 0.6) is 0 Å². The quantitative estimate of drug-likeness (QED) is 0.479. The first-order chi connectivity index (χ1) is 9.70. The summed E-state index contributed by atoms with van der Waals surface area (Å²) in [7, 11) is -4.65. The van der Waals surface area contributed by atoms with Crippen molar-refractivity contribution in [3.05, 3.63) is 28.3 Å².